The minimum atomic E-state index is -0.998. The lowest BCUT2D eigenvalue weighted by Crippen LogP contribution is -2.30. The molecule has 1 fully saturated rings. The monoisotopic (exact) mass is 264 g/mol. The Hall–Kier alpha value is -1.70. The van der Waals surface area contributed by atoms with Gasteiger partial charge in [-0.2, -0.15) is 4.98 Å². The molecule has 7 nitrogen and oxygen atoms in total. The van der Waals surface area contributed by atoms with Crippen LogP contribution in [0.15, 0.2) is 12.3 Å². The molecular weight excluding hydrogens is 248 g/mol. The normalized spacial score (nSPS) is 31.2. The SMILES string of the molecule is Cc1nc(N)nc2c1ccn2[C@@H]1O[C@@H](C)[C@@H](O)[C@H]1O. The molecule has 19 heavy (non-hydrogen) atoms. The Morgan fingerprint density at radius 2 is 2.05 bits per heavy atom. The molecular formula is C12H16N4O3. The van der Waals surface area contributed by atoms with Crippen LogP contribution in [0, 0.1) is 6.92 Å². The van der Waals surface area contributed by atoms with Crippen LogP contribution in [0.1, 0.15) is 18.8 Å². The molecule has 0 aromatic carbocycles. The van der Waals surface area contributed by atoms with Crippen LogP contribution in [0.5, 0.6) is 0 Å². The van der Waals surface area contributed by atoms with Crippen molar-refractivity contribution in [1.82, 2.24) is 14.5 Å². The lowest BCUT2D eigenvalue weighted by atomic mass is 10.1. The van der Waals surface area contributed by atoms with E-state index in [1.807, 2.05) is 13.0 Å². The predicted octanol–water partition coefficient (Wildman–Crippen LogP) is -0.0390. The van der Waals surface area contributed by atoms with Crippen LogP contribution in [-0.2, 0) is 4.74 Å². The number of hydrogen-bond donors (Lipinski definition) is 3. The number of ether oxygens (including phenoxy) is 1. The van der Waals surface area contributed by atoms with Gasteiger partial charge in [0.25, 0.3) is 0 Å². The summed E-state index contributed by atoms with van der Waals surface area (Å²) in [6, 6.07) is 1.84. The third-order valence-electron chi connectivity index (χ3n) is 3.53. The van der Waals surface area contributed by atoms with E-state index in [9.17, 15) is 10.2 Å². The maximum Gasteiger partial charge on any atom is 0.222 e. The van der Waals surface area contributed by atoms with Gasteiger partial charge in [0.2, 0.25) is 5.95 Å². The van der Waals surface area contributed by atoms with Gasteiger partial charge in [0, 0.05) is 11.6 Å². The number of aliphatic hydroxyl groups excluding tert-OH is 2. The second kappa shape index (κ2) is 4.16. The fourth-order valence-electron chi connectivity index (χ4n) is 2.47. The number of aromatic nitrogens is 3. The van der Waals surface area contributed by atoms with Crippen LogP contribution in [0.2, 0.25) is 0 Å². The summed E-state index contributed by atoms with van der Waals surface area (Å²) in [5, 5.41) is 20.6. The number of aryl methyl sites for hydroxylation is 1. The maximum atomic E-state index is 10.0. The zero-order valence-corrected chi connectivity index (χ0v) is 10.7. The van der Waals surface area contributed by atoms with Crippen molar-refractivity contribution in [2.24, 2.45) is 0 Å². The highest BCUT2D eigenvalue weighted by Gasteiger charge is 2.41. The first-order chi connectivity index (χ1) is 8.99. The first kappa shape index (κ1) is 12.3. The summed E-state index contributed by atoms with van der Waals surface area (Å²) < 4.78 is 7.26. The van der Waals surface area contributed by atoms with E-state index in [1.165, 1.54) is 0 Å². The van der Waals surface area contributed by atoms with Crippen molar-refractivity contribution in [3.05, 3.63) is 18.0 Å². The molecule has 0 bridgehead atoms. The van der Waals surface area contributed by atoms with Gasteiger partial charge in [-0.25, -0.2) is 4.98 Å². The van der Waals surface area contributed by atoms with Crippen LogP contribution in [-0.4, -0.2) is 43.1 Å². The first-order valence-corrected chi connectivity index (χ1v) is 6.11. The summed E-state index contributed by atoms with van der Waals surface area (Å²) in [4.78, 5) is 8.27. The zero-order valence-electron chi connectivity index (χ0n) is 10.7. The van der Waals surface area contributed by atoms with Crippen molar-refractivity contribution in [2.75, 3.05) is 5.73 Å². The molecule has 2 aromatic heterocycles. The molecule has 0 aliphatic carbocycles. The quantitative estimate of drug-likeness (QED) is 0.667. The molecule has 1 aliphatic heterocycles. The molecule has 0 saturated carbocycles. The third kappa shape index (κ3) is 1.78. The van der Waals surface area contributed by atoms with E-state index in [-0.39, 0.29) is 5.95 Å². The van der Waals surface area contributed by atoms with Gasteiger partial charge in [0.05, 0.1) is 11.8 Å². The third-order valence-corrected chi connectivity index (χ3v) is 3.53. The molecule has 4 N–H and O–H groups in total. The van der Waals surface area contributed by atoms with Crippen LogP contribution >= 0.6 is 0 Å². The zero-order chi connectivity index (χ0) is 13.7. The Balaban J connectivity index is 2.11. The van der Waals surface area contributed by atoms with Crippen molar-refractivity contribution in [3.63, 3.8) is 0 Å². The van der Waals surface area contributed by atoms with Gasteiger partial charge in [0.1, 0.15) is 17.9 Å². The molecule has 1 saturated heterocycles. The van der Waals surface area contributed by atoms with Crippen LogP contribution < -0.4 is 5.73 Å². The van der Waals surface area contributed by atoms with Crippen molar-refractivity contribution in [2.45, 2.75) is 38.4 Å². The van der Waals surface area contributed by atoms with E-state index in [0.717, 1.165) is 11.1 Å². The summed E-state index contributed by atoms with van der Waals surface area (Å²) in [5.41, 5.74) is 7.01. The van der Waals surface area contributed by atoms with Gasteiger partial charge >= 0.3 is 0 Å². The number of anilines is 1. The fourth-order valence-corrected chi connectivity index (χ4v) is 2.47. The van der Waals surface area contributed by atoms with Gasteiger partial charge in [0.15, 0.2) is 6.23 Å². The Morgan fingerprint density at radius 3 is 2.68 bits per heavy atom. The van der Waals surface area contributed by atoms with Gasteiger partial charge in [-0.05, 0) is 19.9 Å². The van der Waals surface area contributed by atoms with Gasteiger partial charge < -0.3 is 25.3 Å². The minimum Gasteiger partial charge on any atom is -0.388 e. The molecule has 1 aliphatic rings. The van der Waals surface area contributed by atoms with E-state index in [4.69, 9.17) is 10.5 Å². The number of rotatable bonds is 1. The molecule has 3 heterocycles. The maximum absolute atomic E-state index is 10.0. The Bertz CT molecular complexity index is 627. The van der Waals surface area contributed by atoms with Gasteiger partial charge in [-0.15, -0.1) is 0 Å². The average molecular weight is 264 g/mol. The summed E-state index contributed by atoms with van der Waals surface area (Å²) in [5.74, 6) is 0.172. The van der Waals surface area contributed by atoms with E-state index in [2.05, 4.69) is 9.97 Å². The van der Waals surface area contributed by atoms with Crippen molar-refractivity contribution in [1.29, 1.82) is 0 Å². The summed E-state index contributed by atoms with van der Waals surface area (Å²) in [6.45, 7) is 3.56. The number of nitrogens with zero attached hydrogens (tertiary/aromatic N) is 3. The Morgan fingerprint density at radius 1 is 1.32 bits per heavy atom. The number of nitrogen functional groups attached to an aromatic ring is 1. The molecule has 102 valence electrons. The summed E-state index contributed by atoms with van der Waals surface area (Å²) in [7, 11) is 0. The average Bonchev–Trinajstić information content (AvgIpc) is 2.86. The predicted molar refractivity (Wildman–Crippen MR) is 68.3 cm³/mol. The van der Waals surface area contributed by atoms with E-state index >= 15 is 0 Å². The molecule has 3 rings (SSSR count). The molecule has 0 amide bonds. The van der Waals surface area contributed by atoms with E-state index in [0.29, 0.717) is 5.65 Å². The van der Waals surface area contributed by atoms with Crippen LogP contribution in [0.25, 0.3) is 11.0 Å². The second-order valence-corrected chi connectivity index (χ2v) is 4.84. The smallest absolute Gasteiger partial charge is 0.222 e. The molecule has 2 aromatic rings. The van der Waals surface area contributed by atoms with Gasteiger partial charge in [-0.1, -0.05) is 0 Å². The largest absolute Gasteiger partial charge is 0.388 e. The molecule has 0 spiro atoms. The second-order valence-electron chi connectivity index (χ2n) is 4.84. The highest BCUT2D eigenvalue weighted by molar-refractivity contribution is 5.79. The number of hydrogen-bond acceptors (Lipinski definition) is 6. The Kier molecular flexibility index (Phi) is 2.70. The highest BCUT2D eigenvalue weighted by atomic mass is 16.6. The van der Waals surface area contributed by atoms with Crippen molar-refractivity contribution < 1.29 is 14.9 Å². The number of aliphatic hydroxyl groups is 2. The van der Waals surface area contributed by atoms with E-state index in [1.54, 1.807) is 17.7 Å². The molecule has 0 radical (unpaired) electrons. The molecule has 4 atom stereocenters. The number of fused-ring (bicyclic) bond motifs is 1. The Labute approximate surface area is 109 Å². The molecule has 7 heteroatoms. The van der Waals surface area contributed by atoms with Crippen LogP contribution in [0.4, 0.5) is 5.95 Å². The number of nitrogens with two attached hydrogens (primary N) is 1. The summed E-state index contributed by atoms with van der Waals surface area (Å²) >= 11 is 0. The molecule has 0 unspecified atom stereocenters. The first-order valence-electron chi connectivity index (χ1n) is 6.11. The standard InChI is InChI=1S/C12H16N4O3/c1-5-7-3-4-16(10(7)15-12(13)14-5)11-9(18)8(17)6(2)19-11/h3-4,6,8-9,11,17-18H,1-2H3,(H2,13,14,15)/t6-,8+,9+,11+/m0/s1. The van der Waals surface area contributed by atoms with E-state index < -0.39 is 24.5 Å². The van der Waals surface area contributed by atoms with Crippen molar-refractivity contribution >= 4 is 17.0 Å². The topological polar surface area (TPSA) is 106 Å². The lowest BCUT2D eigenvalue weighted by molar-refractivity contribution is -0.0296. The minimum absolute atomic E-state index is 0.172. The van der Waals surface area contributed by atoms with Crippen molar-refractivity contribution in [3.8, 4) is 0 Å². The summed E-state index contributed by atoms with van der Waals surface area (Å²) in [6.07, 6.45) is -1.26. The lowest BCUT2D eigenvalue weighted by Gasteiger charge is -2.17. The van der Waals surface area contributed by atoms with Crippen LogP contribution in [0.3, 0.4) is 0 Å². The fraction of sp³-hybridized carbons (Fsp3) is 0.500. The van der Waals surface area contributed by atoms with Gasteiger partial charge in [-0.3, -0.25) is 0 Å². The highest BCUT2D eigenvalue weighted by Crippen LogP contribution is 2.32.